The summed E-state index contributed by atoms with van der Waals surface area (Å²) in [6, 6.07) is 0. The van der Waals surface area contributed by atoms with Gasteiger partial charge in [-0.15, -0.1) is 0 Å². The number of nitrogens with zero attached hydrogens (tertiary/aromatic N) is 1. The summed E-state index contributed by atoms with van der Waals surface area (Å²) in [6.45, 7) is 4.47. The Kier molecular flexibility index (Phi) is 45.0. The fourth-order valence-electron chi connectivity index (χ4n) is 7.84. The van der Waals surface area contributed by atoms with Crippen LogP contribution in [-0.2, 0) is 32.7 Å². The number of esters is 2. The Morgan fingerprint density at radius 3 is 1.17 bits per heavy atom. The van der Waals surface area contributed by atoms with E-state index < -0.39 is 26.5 Å². The normalized spacial score (nSPS) is 13.4. The Morgan fingerprint density at radius 1 is 0.476 bits per heavy atom. The number of rotatable bonds is 50. The molecule has 0 rings (SSSR count). The fraction of sp³-hybridized carbons (Fsp3) is 0.925. The van der Waals surface area contributed by atoms with Gasteiger partial charge in [0.2, 0.25) is 0 Å². The summed E-state index contributed by atoms with van der Waals surface area (Å²) < 4.78 is 34.5. The minimum absolute atomic E-state index is 0.0355. The molecule has 0 aromatic carbocycles. The quantitative estimate of drug-likeness (QED) is 0.0211. The van der Waals surface area contributed by atoms with Crippen LogP contribution in [0.3, 0.4) is 0 Å². The first kappa shape index (κ1) is 61.8. The molecule has 0 saturated heterocycles. The molecule has 0 aliphatic carbocycles. The van der Waals surface area contributed by atoms with Crippen LogP contribution in [0.25, 0.3) is 0 Å². The van der Waals surface area contributed by atoms with E-state index in [9.17, 15) is 19.0 Å². The lowest BCUT2D eigenvalue weighted by Gasteiger charge is -2.24. The van der Waals surface area contributed by atoms with Gasteiger partial charge in [0.25, 0.3) is 0 Å². The van der Waals surface area contributed by atoms with Gasteiger partial charge in [-0.25, -0.2) is 4.57 Å². The molecule has 0 aromatic heterocycles. The molecular weight excluding hydrogens is 810 g/mol. The van der Waals surface area contributed by atoms with Crippen molar-refractivity contribution in [2.75, 3.05) is 47.5 Å². The number of allylic oxidation sites excluding steroid dienone is 2. The molecule has 9 nitrogen and oxygen atoms in total. The van der Waals surface area contributed by atoms with Crippen molar-refractivity contribution in [3.05, 3.63) is 12.2 Å². The van der Waals surface area contributed by atoms with Gasteiger partial charge in [0.05, 0.1) is 27.7 Å². The first-order valence-corrected chi connectivity index (χ1v) is 28.4. The predicted molar refractivity (Wildman–Crippen MR) is 266 cm³/mol. The van der Waals surface area contributed by atoms with Gasteiger partial charge in [-0.05, 0) is 38.5 Å². The minimum atomic E-state index is -4.37. The second kappa shape index (κ2) is 45.9. The van der Waals surface area contributed by atoms with E-state index in [1.165, 1.54) is 199 Å². The Balaban J connectivity index is 4.13. The van der Waals surface area contributed by atoms with Crippen molar-refractivity contribution >= 4 is 19.8 Å². The number of likely N-dealkylation sites (N-methyl/N-ethyl adjacent to an activating group) is 1. The van der Waals surface area contributed by atoms with E-state index in [2.05, 4.69) is 26.0 Å². The highest BCUT2D eigenvalue weighted by Crippen LogP contribution is 2.43. The number of carbonyl (C=O) groups excluding carboxylic acids is 2. The van der Waals surface area contributed by atoms with Crippen LogP contribution in [0.2, 0.25) is 0 Å². The maximum absolute atomic E-state index is 12.8. The molecule has 0 bridgehead atoms. The molecule has 1 N–H and O–H groups in total. The average Bonchev–Trinajstić information content (AvgIpc) is 3.24. The third-order valence-corrected chi connectivity index (χ3v) is 13.0. The number of ether oxygens (including phenoxy) is 2. The van der Waals surface area contributed by atoms with Crippen molar-refractivity contribution in [2.45, 2.75) is 270 Å². The largest absolute Gasteiger partial charge is 0.472 e. The number of phosphoric acid groups is 1. The number of hydrogen-bond acceptors (Lipinski definition) is 7. The van der Waals surface area contributed by atoms with E-state index in [1.807, 2.05) is 21.1 Å². The van der Waals surface area contributed by atoms with Gasteiger partial charge < -0.3 is 18.9 Å². The van der Waals surface area contributed by atoms with Gasteiger partial charge >= 0.3 is 19.8 Å². The highest BCUT2D eigenvalue weighted by atomic mass is 31.2. The Labute approximate surface area is 390 Å². The predicted octanol–water partition coefficient (Wildman–Crippen LogP) is 16.1. The molecule has 10 heteroatoms. The molecule has 2 unspecified atom stereocenters. The van der Waals surface area contributed by atoms with Gasteiger partial charge in [0, 0.05) is 12.8 Å². The summed E-state index contributed by atoms with van der Waals surface area (Å²) in [5, 5.41) is 0. The van der Waals surface area contributed by atoms with Crippen molar-refractivity contribution in [3.8, 4) is 0 Å². The summed E-state index contributed by atoms with van der Waals surface area (Å²) in [5.41, 5.74) is 0. The molecule has 0 aliphatic heterocycles. The molecule has 0 heterocycles. The van der Waals surface area contributed by atoms with Crippen molar-refractivity contribution in [2.24, 2.45) is 0 Å². The molecule has 2 atom stereocenters. The Morgan fingerprint density at radius 2 is 0.810 bits per heavy atom. The van der Waals surface area contributed by atoms with Crippen molar-refractivity contribution < 1.29 is 42.1 Å². The van der Waals surface area contributed by atoms with Crippen LogP contribution in [0.1, 0.15) is 264 Å². The summed E-state index contributed by atoms with van der Waals surface area (Å²) in [7, 11) is 1.49. The molecule has 0 saturated carbocycles. The van der Waals surface area contributed by atoms with Gasteiger partial charge in [0.15, 0.2) is 6.10 Å². The van der Waals surface area contributed by atoms with Crippen LogP contribution >= 0.6 is 7.82 Å². The van der Waals surface area contributed by atoms with E-state index in [0.29, 0.717) is 23.9 Å². The molecule has 374 valence electrons. The zero-order valence-corrected chi connectivity index (χ0v) is 43.2. The van der Waals surface area contributed by atoms with Crippen LogP contribution < -0.4 is 0 Å². The molecule has 0 fully saturated rings. The van der Waals surface area contributed by atoms with Crippen molar-refractivity contribution in [3.63, 3.8) is 0 Å². The average molecular weight is 915 g/mol. The molecule has 0 amide bonds. The topological polar surface area (TPSA) is 108 Å². The van der Waals surface area contributed by atoms with Crippen LogP contribution in [-0.4, -0.2) is 74.9 Å². The molecule has 0 radical (unpaired) electrons. The standard InChI is InChI=1S/C53H104NO8P/c1-6-8-10-12-14-16-18-20-22-23-24-25-26-27-28-29-30-31-32-34-36-38-40-42-44-46-53(56)62-51(50-61-63(57,58)60-48-47-54(3,4)5)49-59-52(55)45-43-41-39-37-35-33-21-19-17-15-13-11-9-7-2/h23-24,51H,6-22,25-50H2,1-5H3/p+1/b24-23-. The summed E-state index contributed by atoms with van der Waals surface area (Å²) >= 11 is 0. The fourth-order valence-corrected chi connectivity index (χ4v) is 8.58. The van der Waals surface area contributed by atoms with E-state index in [0.717, 1.165) is 32.1 Å². The lowest BCUT2D eigenvalue weighted by atomic mass is 10.0. The molecule has 0 aromatic rings. The monoisotopic (exact) mass is 915 g/mol. The Bertz CT molecular complexity index is 1080. The third-order valence-electron chi connectivity index (χ3n) is 12.0. The second-order valence-electron chi connectivity index (χ2n) is 19.6. The van der Waals surface area contributed by atoms with Crippen molar-refractivity contribution in [1.82, 2.24) is 0 Å². The van der Waals surface area contributed by atoms with E-state index in [1.54, 1.807) is 0 Å². The van der Waals surface area contributed by atoms with Crippen LogP contribution in [0.5, 0.6) is 0 Å². The SMILES string of the molecule is CCCCCCCCCC/C=C\CCCCCCCCCCCCCCCC(=O)OC(COC(=O)CCCCCCCCCCCCCCCC)COP(=O)(O)OCC[N+](C)(C)C. The van der Waals surface area contributed by atoms with E-state index in [-0.39, 0.29) is 25.6 Å². The number of unbranched alkanes of at least 4 members (excludes halogenated alkanes) is 34. The number of phosphoric ester groups is 1. The number of quaternary nitrogens is 1. The first-order chi connectivity index (χ1) is 30.5. The molecule has 63 heavy (non-hydrogen) atoms. The van der Waals surface area contributed by atoms with Crippen LogP contribution in [0, 0.1) is 0 Å². The van der Waals surface area contributed by atoms with Crippen LogP contribution in [0.4, 0.5) is 0 Å². The maximum Gasteiger partial charge on any atom is 0.472 e. The van der Waals surface area contributed by atoms with E-state index in [4.69, 9.17) is 18.5 Å². The van der Waals surface area contributed by atoms with Gasteiger partial charge in [0.1, 0.15) is 19.8 Å². The number of carbonyl (C=O) groups is 2. The first-order valence-electron chi connectivity index (χ1n) is 26.9. The lowest BCUT2D eigenvalue weighted by molar-refractivity contribution is -0.870. The second-order valence-corrected chi connectivity index (χ2v) is 21.1. The highest BCUT2D eigenvalue weighted by molar-refractivity contribution is 7.47. The Hall–Kier alpha value is -1.25. The van der Waals surface area contributed by atoms with E-state index >= 15 is 0 Å². The third kappa shape index (κ3) is 50.0. The molecular formula is C53H105NO8P+. The van der Waals surface area contributed by atoms with Gasteiger partial charge in [-0.1, -0.05) is 225 Å². The zero-order valence-electron chi connectivity index (χ0n) is 42.3. The van der Waals surface area contributed by atoms with Crippen LogP contribution in [0.15, 0.2) is 12.2 Å². The summed E-state index contributed by atoms with van der Waals surface area (Å²) in [5.74, 6) is -0.782. The highest BCUT2D eigenvalue weighted by Gasteiger charge is 2.27. The number of hydrogen-bond donors (Lipinski definition) is 1. The van der Waals surface area contributed by atoms with Gasteiger partial charge in [-0.3, -0.25) is 18.6 Å². The summed E-state index contributed by atoms with van der Waals surface area (Å²) in [4.78, 5) is 35.5. The smallest absolute Gasteiger partial charge is 0.462 e. The van der Waals surface area contributed by atoms with Crippen molar-refractivity contribution in [1.29, 1.82) is 0 Å². The lowest BCUT2D eigenvalue weighted by Crippen LogP contribution is -2.37. The molecule has 0 aliphatic rings. The minimum Gasteiger partial charge on any atom is -0.462 e. The maximum atomic E-state index is 12.8. The summed E-state index contributed by atoms with van der Waals surface area (Å²) in [6.07, 6.45) is 51.3. The molecule has 0 spiro atoms. The zero-order chi connectivity index (χ0) is 46.4. The van der Waals surface area contributed by atoms with Gasteiger partial charge in [-0.2, -0.15) is 0 Å².